The average Bonchev–Trinajstić information content (AvgIpc) is 2.60. The van der Waals surface area contributed by atoms with Crippen molar-refractivity contribution in [1.29, 1.82) is 0 Å². The van der Waals surface area contributed by atoms with E-state index in [4.69, 9.17) is 4.74 Å². The van der Waals surface area contributed by atoms with Gasteiger partial charge in [-0.25, -0.2) is 0 Å². The van der Waals surface area contributed by atoms with Crippen LogP contribution in [0.3, 0.4) is 0 Å². The van der Waals surface area contributed by atoms with Crippen molar-refractivity contribution in [2.24, 2.45) is 0 Å². The summed E-state index contributed by atoms with van der Waals surface area (Å²) < 4.78 is 5.79. The molecule has 1 amide bonds. The van der Waals surface area contributed by atoms with E-state index in [1.807, 2.05) is 13.8 Å². The van der Waals surface area contributed by atoms with Gasteiger partial charge < -0.3 is 10.1 Å². The molecule has 0 fully saturated rings. The summed E-state index contributed by atoms with van der Waals surface area (Å²) in [7, 11) is 0. The first-order chi connectivity index (χ1) is 12.7. The Labute approximate surface area is 155 Å². The number of nitrogens with zero attached hydrogens (tertiary/aromatic N) is 1. The monoisotopic (exact) mass is 366 g/mol. The van der Waals surface area contributed by atoms with E-state index in [9.17, 15) is 19.7 Å². The van der Waals surface area contributed by atoms with E-state index in [-0.39, 0.29) is 23.8 Å². The minimum atomic E-state index is -0.539. The highest BCUT2D eigenvalue weighted by Crippen LogP contribution is 2.34. The van der Waals surface area contributed by atoms with Crippen LogP contribution in [0.4, 0.5) is 11.4 Å². The molecule has 0 saturated carbocycles. The summed E-state index contributed by atoms with van der Waals surface area (Å²) in [5.41, 5.74) is 1.05. The van der Waals surface area contributed by atoms with Crippen LogP contribution >= 0.6 is 0 Å². The van der Waals surface area contributed by atoms with Crippen LogP contribution in [0.25, 0.3) is 6.08 Å². The number of anilines is 1. The predicted molar refractivity (Wildman–Crippen MR) is 101 cm³/mol. The Morgan fingerprint density at radius 2 is 1.93 bits per heavy atom. The summed E-state index contributed by atoms with van der Waals surface area (Å²) >= 11 is 0. The molecule has 0 aliphatic carbocycles. The normalized spacial score (nSPS) is 15.1. The number of non-ortho nitro benzene ring substituents is 1. The molecule has 1 aliphatic heterocycles. The minimum absolute atomic E-state index is 0.0132. The van der Waals surface area contributed by atoms with Crippen molar-refractivity contribution in [3.8, 4) is 5.75 Å². The molecule has 3 rings (SSSR count). The summed E-state index contributed by atoms with van der Waals surface area (Å²) in [6, 6.07) is 10.8. The third-order valence-electron chi connectivity index (χ3n) is 4.05. The maximum atomic E-state index is 12.3. The van der Waals surface area contributed by atoms with Gasteiger partial charge in [-0.3, -0.25) is 19.7 Å². The largest absolute Gasteiger partial charge is 0.487 e. The number of fused-ring (bicyclic) bond motifs is 1. The molecule has 2 aromatic rings. The van der Waals surface area contributed by atoms with E-state index in [2.05, 4.69) is 5.32 Å². The molecule has 2 aromatic carbocycles. The highest BCUT2D eigenvalue weighted by molar-refractivity contribution is 6.04. The maximum absolute atomic E-state index is 12.3. The average molecular weight is 366 g/mol. The number of carbonyl (C=O) groups is 2. The van der Waals surface area contributed by atoms with Gasteiger partial charge in [-0.05, 0) is 55.8 Å². The number of Topliss-reactive ketones (excluding diaryl/α,β-unsaturated/α-hetero) is 1. The molecule has 1 aliphatic rings. The van der Waals surface area contributed by atoms with E-state index in [0.29, 0.717) is 22.6 Å². The van der Waals surface area contributed by atoms with Gasteiger partial charge in [-0.2, -0.15) is 0 Å². The SMILES string of the molecule is CC1(C)CC(=O)c2cc(NC(=O)/C=C/c3ccc([N+](=O)[O-])cc3)ccc2O1. The smallest absolute Gasteiger partial charge is 0.269 e. The lowest BCUT2D eigenvalue weighted by molar-refractivity contribution is -0.384. The van der Waals surface area contributed by atoms with Gasteiger partial charge in [0.2, 0.25) is 5.91 Å². The zero-order valence-electron chi connectivity index (χ0n) is 14.9. The number of benzene rings is 2. The molecule has 0 atom stereocenters. The molecule has 1 N–H and O–H groups in total. The number of carbonyl (C=O) groups excluding carboxylic acids is 2. The molecular weight excluding hydrogens is 348 g/mol. The number of ketones is 1. The summed E-state index contributed by atoms with van der Waals surface area (Å²) in [5.74, 6) is 0.104. The predicted octanol–water partition coefficient (Wildman–Crippen LogP) is 3.99. The third-order valence-corrected chi connectivity index (χ3v) is 4.05. The van der Waals surface area contributed by atoms with Crippen molar-refractivity contribution in [2.45, 2.75) is 25.9 Å². The van der Waals surface area contributed by atoms with Crippen LogP contribution in [0.1, 0.15) is 36.2 Å². The maximum Gasteiger partial charge on any atom is 0.269 e. The molecular formula is C20H18N2O5. The van der Waals surface area contributed by atoms with Crippen LogP contribution in [0.2, 0.25) is 0 Å². The fraction of sp³-hybridized carbons (Fsp3) is 0.200. The van der Waals surface area contributed by atoms with E-state index >= 15 is 0 Å². The number of nitro benzene ring substituents is 1. The number of hydrogen-bond acceptors (Lipinski definition) is 5. The first-order valence-electron chi connectivity index (χ1n) is 8.33. The molecule has 27 heavy (non-hydrogen) atoms. The summed E-state index contributed by atoms with van der Waals surface area (Å²) in [4.78, 5) is 34.5. The molecule has 7 nitrogen and oxygen atoms in total. The molecule has 0 radical (unpaired) electrons. The fourth-order valence-corrected chi connectivity index (χ4v) is 2.79. The first kappa shape index (κ1) is 18.3. The number of amides is 1. The molecule has 0 unspecified atom stereocenters. The molecule has 7 heteroatoms. The first-order valence-corrected chi connectivity index (χ1v) is 8.33. The second-order valence-electron chi connectivity index (χ2n) is 6.84. The van der Waals surface area contributed by atoms with Crippen molar-refractivity contribution in [3.63, 3.8) is 0 Å². The van der Waals surface area contributed by atoms with E-state index in [0.717, 1.165) is 0 Å². The fourth-order valence-electron chi connectivity index (χ4n) is 2.79. The van der Waals surface area contributed by atoms with Crippen LogP contribution in [0, 0.1) is 10.1 Å². The number of rotatable bonds is 4. The number of nitro groups is 1. The van der Waals surface area contributed by atoms with Gasteiger partial charge in [-0.1, -0.05) is 0 Å². The molecule has 0 saturated heterocycles. The molecule has 0 aromatic heterocycles. The Hall–Kier alpha value is -3.48. The lowest BCUT2D eigenvalue weighted by Gasteiger charge is -2.31. The summed E-state index contributed by atoms with van der Waals surface area (Å²) in [5, 5.41) is 13.3. The van der Waals surface area contributed by atoms with E-state index in [1.165, 1.54) is 18.2 Å². The lowest BCUT2D eigenvalue weighted by atomic mass is 9.93. The number of nitrogens with one attached hydrogen (secondary N) is 1. The Kier molecular flexibility index (Phi) is 4.77. The second kappa shape index (κ2) is 7.03. The van der Waals surface area contributed by atoms with Gasteiger partial charge in [-0.15, -0.1) is 0 Å². The van der Waals surface area contributed by atoms with Crippen LogP contribution in [0.15, 0.2) is 48.5 Å². The Morgan fingerprint density at radius 1 is 1.22 bits per heavy atom. The van der Waals surface area contributed by atoms with Gasteiger partial charge in [0.1, 0.15) is 11.4 Å². The van der Waals surface area contributed by atoms with Gasteiger partial charge in [0, 0.05) is 23.9 Å². The van der Waals surface area contributed by atoms with E-state index in [1.54, 1.807) is 36.4 Å². The molecule has 1 heterocycles. The Balaban J connectivity index is 1.69. The zero-order chi connectivity index (χ0) is 19.6. The number of ether oxygens (including phenoxy) is 1. The summed E-state index contributed by atoms with van der Waals surface area (Å²) in [6.07, 6.45) is 3.15. The van der Waals surface area contributed by atoms with Crippen molar-refractivity contribution in [3.05, 3.63) is 69.8 Å². The van der Waals surface area contributed by atoms with Crippen molar-refractivity contribution >= 4 is 29.1 Å². The molecule has 0 bridgehead atoms. The van der Waals surface area contributed by atoms with Gasteiger partial charge in [0.15, 0.2) is 5.78 Å². The third kappa shape index (κ3) is 4.38. The van der Waals surface area contributed by atoms with Gasteiger partial charge >= 0.3 is 0 Å². The van der Waals surface area contributed by atoms with E-state index < -0.39 is 10.5 Å². The Morgan fingerprint density at radius 3 is 2.59 bits per heavy atom. The quantitative estimate of drug-likeness (QED) is 0.501. The standard InChI is InChI=1S/C20H18N2O5/c1-20(2)12-17(23)16-11-14(6-9-18(16)27-20)21-19(24)10-5-13-3-7-15(8-4-13)22(25)26/h3-11H,12H2,1-2H3,(H,21,24)/b10-5+. The zero-order valence-corrected chi connectivity index (χ0v) is 14.9. The molecule has 0 spiro atoms. The second-order valence-corrected chi connectivity index (χ2v) is 6.84. The number of hydrogen-bond donors (Lipinski definition) is 1. The minimum Gasteiger partial charge on any atom is -0.487 e. The molecule has 138 valence electrons. The topological polar surface area (TPSA) is 98.5 Å². The highest BCUT2D eigenvalue weighted by Gasteiger charge is 2.32. The van der Waals surface area contributed by atoms with Gasteiger partial charge in [0.25, 0.3) is 5.69 Å². The lowest BCUT2D eigenvalue weighted by Crippen LogP contribution is -2.35. The van der Waals surface area contributed by atoms with Crippen LogP contribution in [0.5, 0.6) is 5.75 Å². The van der Waals surface area contributed by atoms with Crippen LogP contribution < -0.4 is 10.1 Å². The van der Waals surface area contributed by atoms with Crippen molar-refractivity contribution < 1.29 is 19.2 Å². The highest BCUT2D eigenvalue weighted by atomic mass is 16.6. The van der Waals surface area contributed by atoms with Crippen molar-refractivity contribution in [1.82, 2.24) is 0 Å². The Bertz CT molecular complexity index is 945. The summed E-state index contributed by atoms with van der Waals surface area (Å²) in [6.45, 7) is 3.71. The van der Waals surface area contributed by atoms with Crippen LogP contribution in [-0.4, -0.2) is 22.2 Å². The van der Waals surface area contributed by atoms with Gasteiger partial charge in [0.05, 0.1) is 16.9 Å². The van der Waals surface area contributed by atoms with Crippen molar-refractivity contribution in [2.75, 3.05) is 5.32 Å². The van der Waals surface area contributed by atoms with Crippen LogP contribution in [-0.2, 0) is 4.79 Å².